The van der Waals surface area contributed by atoms with Gasteiger partial charge in [-0.05, 0) is 12.5 Å². The van der Waals surface area contributed by atoms with Gasteiger partial charge < -0.3 is 15.8 Å². The molecule has 23 heavy (non-hydrogen) atoms. The van der Waals surface area contributed by atoms with Gasteiger partial charge in [0, 0.05) is 11.5 Å². The van der Waals surface area contributed by atoms with Gasteiger partial charge in [-0.15, -0.1) is 0 Å². The Morgan fingerprint density at radius 3 is 2.70 bits per heavy atom. The second kappa shape index (κ2) is 7.61. The van der Waals surface area contributed by atoms with E-state index in [0.717, 1.165) is 11.3 Å². The SMILES string of the molecule is CC1OCC(=O)C1(NC(=O)[CH]CSCc1ccccc1)C(N)=O. The van der Waals surface area contributed by atoms with E-state index in [0.29, 0.717) is 5.75 Å². The van der Waals surface area contributed by atoms with E-state index in [1.807, 2.05) is 30.3 Å². The molecule has 123 valence electrons. The fraction of sp³-hybridized carbons (Fsp3) is 0.375. The van der Waals surface area contributed by atoms with Crippen LogP contribution < -0.4 is 11.1 Å². The molecule has 2 rings (SSSR count). The highest BCUT2D eigenvalue weighted by Gasteiger charge is 2.55. The van der Waals surface area contributed by atoms with Crippen molar-refractivity contribution in [1.29, 1.82) is 0 Å². The van der Waals surface area contributed by atoms with Crippen molar-refractivity contribution < 1.29 is 19.1 Å². The van der Waals surface area contributed by atoms with E-state index in [9.17, 15) is 14.4 Å². The zero-order valence-corrected chi connectivity index (χ0v) is 13.6. The van der Waals surface area contributed by atoms with Crippen LogP contribution in [0.2, 0.25) is 0 Å². The van der Waals surface area contributed by atoms with Gasteiger partial charge in [-0.25, -0.2) is 0 Å². The minimum absolute atomic E-state index is 0.229. The predicted octanol–water partition coefficient (Wildman–Crippen LogP) is 0.452. The number of hydrogen-bond donors (Lipinski definition) is 2. The van der Waals surface area contributed by atoms with Gasteiger partial charge in [-0.2, -0.15) is 11.8 Å². The van der Waals surface area contributed by atoms with Crippen LogP contribution in [0.4, 0.5) is 0 Å². The van der Waals surface area contributed by atoms with Crippen molar-refractivity contribution >= 4 is 29.4 Å². The maximum Gasteiger partial charge on any atom is 0.253 e. The average molecular weight is 335 g/mol. The molecule has 7 heteroatoms. The van der Waals surface area contributed by atoms with Crippen LogP contribution >= 0.6 is 11.8 Å². The van der Waals surface area contributed by atoms with Gasteiger partial charge in [-0.1, -0.05) is 30.3 Å². The lowest BCUT2D eigenvalue weighted by Crippen LogP contribution is -2.65. The molecule has 6 nitrogen and oxygen atoms in total. The van der Waals surface area contributed by atoms with Crippen LogP contribution in [0.15, 0.2) is 30.3 Å². The molecule has 2 amide bonds. The van der Waals surface area contributed by atoms with E-state index < -0.39 is 29.2 Å². The number of hydrogen-bond acceptors (Lipinski definition) is 5. The summed E-state index contributed by atoms with van der Waals surface area (Å²) in [5.74, 6) is -0.694. The molecule has 0 aromatic heterocycles. The molecule has 1 radical (unpaired) electrons. The highest BCUT2D eigenvalue weighted by molar-refractivity contribution is 7.98. The maximum absolute atomic E-state index is 12.0. The lowest BCUT2D eigenvalue weighted by atomic mass is 9.89. The Hall–Kier alpha value is -1.86. The number of carbonyl (C=O) groups excluding carboxylic acids is 3. The van der Waals surface area contributed by atoms with Crippen LogP contribution in [-0.2, 0) is 24.9 Å². The average Bonchev–Trinajstić information content (AvgIpc) is 2.82. The topological polar surface area (TPSA) is 98.5 Å². The summed E-state index contributed by atoms with van der Waals surface area (Å²) in [5.41, 5.74) is 4.71. The highest BCUT2D eigenvalue weighted by Crippen LogP contribution is 2.23. The number of primary amides is 1. The minimum Gasteiger partial charge on any atom is -0.367 e. The number of amides is 2. The smallest absolute Gasteiger partial charge is 0.253 e. The lowest BCUT2D eigenvalue weighted by molar-refractivity contribution is -0.138. The molecule has 0 spiro atoms. The molecule has 0 aliphatic carbocycles. The quantitative estimate of drug-likeness (QED) is 0.557. The summed E-state index contributed by atoms with van der Waals surface area (Å²) in [5, 5.41) is 2.43. The van der Waals surface area contributed by atoms with Gasteiger partial charge in [-0.3, -0.25) is 14.4 Å². The number of ketones is 1. The molecule has 2 atom stereocenters. The predicted molar refractivity (Wildman–Crippen MR) is 87.4 cm³/mol. The summed E-state index contributed by atoms with van der Waals surface area (Å²) in [7, 11) is 0. The van der Waals surface area contributed by atoms with E-state index in [-0.39, 0.29) is 6.61 Å². The standard InChI is InChI=1S/C16H19N2O4S/c1-11-16(15(17)21,13(19)9-22-11)18-14(20)7-8-23-10-12-5-3-2-4-6-12/h2-7,11H,8-10H2,1H3,(H2,17,21)(H,18,20). The third-order valence-electron chi connectivity index (χ3n) is 3.72. The van der Waals surface area contributed by atoms with E-state index in [1.54, 1.807) is 18.7 Å². The number of benzene rings is 1. The molecular formula is C16H19N2O4S. The van der Waals surface area contributed by atoms with Crippen molar-refractivity contribution in [2.45, 2.75) is 24.3 Å². The molecule has 1 aromatic rings. The first-order valence-electron chi connectivity index (χ1n) is 7.18. The van der Waals surface area contributed by atoms with Crippen LogP contribution in [-0.4, -0.2) is 41.6 Å². The number of rotatable bonds is 7. The Bertz CT molecular complexity index is 593. The number of Topliss-reactive ketones (excluding diaryl/α,β-unsaturated/α-hetero) is 1. The molecular weight excluding hydrogens is 316 g/mol. The Morgan fingerprint density at radius 2 is 2.13 bits per heavy atom. The fourth-order valence-electron chi connectivity index (χ4n) is 2.37. The number of thioether (sulfide) groups is 1. The van der Waals surface area contributed by atoms with Gasteiger partial charge in [0.2, 0.25) is 11.4 Å². The van der Waals surface area contributed by atoms with Gasteiger partial charge in [0.1, 0.15) is 6.61 Å². The lowest BCUT2D eigenvalue weighted by Gasteiger charge is -2.27. The first-order chi connectivity index (χ1) is 11.0. The van der Waals surface area contributed by atoms with Crippen molar-refractivity contribution in [1.82, 2.24) is 5.32 Å². The number of nitrogens with one attached hydrogen (secondary N) is 1. The van der Waals surface area contributed by atoms with Crippen LogP contribution in [0.25, 0.3) is 0 Å². The molecule has 2 unspecified atom stereocenters. The number of ether oxygens (including phenoxy) is 1. The molecule has 1 aliphatic heterocycles. The maximum atomic E-state index is 12.0. The van der Waals surface area contributed by atoms with E-state index in [1.165, 1.54) is 6.42 Å². The van der Waals surface area contributed by atoms with Gasteiger partial charge in [0.25, 0.3) is 5.91 Å². The fourth-order valence-corrected chi connectivity index (χ4v) is 3.18. The summed E-state index contributed by atoms with van der Waals surface area (Å²) in [6, 6.07) is 9.86. The monoisotopic (exact) mass is 335 g/mol. The third kappa shape index (κ3) is 3.92. The van der Waals surface area contributed by atoms with Crippen molar-refractivity contribution in [2.24, 2.45) is 5.73 Å². The Kier molecular flexibility index (Phi) is 5.79. The normalized spacial score (nSPS) is 23.7. The second-order valence-corrected chi connectivity index (χ2v) is 6.27. The number of nitrogens with two attached hydrogens (primary N) is 1. The Balaban J connectivity index is 1.84. The van der Waals surface area contributed by atoms with Crippen molar-refractivity contribution in [3.63, 3.8) is 0 Å². The zero-order chi connectivity index (χ0) is 16.9. The number of carbonyl (C=O) groups is 3. The van der Waals surface area contributed by atoms with Gasteiger partial charge in [0.05, 0.1) is 12.5 Å². The summed E-state index contributed by atoms with van der Waals surface area (Å²) < 4.78 is 5.14. The largest absolute Gasteiger partial charge is 0.367 e. The van der Waals surface area contributed by atoms with Gasteiger partial charge >= 0.3 is 0 Å². The van der Waals surface area contributed by atoms with Crippen molar-refractivity contribution in [3.8, 4) is 0 Å². The zero-order valence-electron chi connectivity index (χ0n) is 12.8. The minimum atomic E-state index is -1.77. The van der Waals surface area contributed by atoms with Crippen LogP contribution in [0, 0.1) is 6.42 Å². The van der Waals surface area contributed by atoms with Crippen molar-refractivity contribution in [3.05, 3.63) is 42.3 Å². The summed E-state index contributed by atoms with van der Waals surface area (Å²) >= 11 is 1.55. The van der Waals surface area contributed by atoms with Crippen LogP contribution in [0.5, 0.6) is 0 Å². The first kappa shape index (κ1) is 17.5. The molecule has 0 bridgehead atoms. The Morgan fingerprint density at radius 1 is 1.43 bits per heavy atom. The molecule has 3 N–H and O–H groups in total. The third-order valence-corrected chi connectivity index (χ3v) is 4.66. The van der Waals surface area contributed by atoms with Crippen LogP contribution in [0.3, 0.4) is 0 Å². The molecule has 1 fully saturated rings. The van der Waals surface area contributed by atoms with Crippen LogP contribution in [0.1, 0.15) is 12.5 Å². The molecule has 1 aliphatic rings. The molecule has 1 saturated heterocycles. The second-order valence-electron chi connectivity index (χ2n) is 5.24. The van der Waals surface area contributed by atoms with Gasteiger partial charge in [0.15, 0.2) is 5.78 Å². The van der Waals surface area contributed by atoms with E-state index in [2.05, 4.69) is 5.32 Å². The highest BCUT2D eigenvalue weighted by atomic mass is 32.2. The molecule has 1 aromatic carbocycles. The molecule has 1 heterocycles. The van der Waals surface area contributed by atoms with E-state index >= 15 is 0 Å². The summed E-state index contributed by atoms with van der Waals surface area (Å²) in [4.78, 5) is 35.6. The summed E-state index contributed by atoms with van der Waals surface area (Å²) in [6.45, 7) is 1.31. The summed E-state index contributed by atoms with van der Waals surface area (Å²) in [6.07, 6.45) is 0.623. The first-order valence-corrected chi connectivity index (χ1v) is 8.34. The molecule has 0 saturated carbocycles. The van der Waals surface area contributed by atoms with Crippen molar-refractivity contribution in [2.75, 3.05) is 12.4 Å². The van der Waals surface area contributed by atoms with E-state index in [4.69, 9.17) is 10.5 Å². The Labute approximate surface area is 139 Å².